The van der Waals surface area contributed by atoms with Crippen LogP contribution in [0.3, 0.4) is 0 Å². The number of rotatable bonds is 2. The molecule has 2 nitrogen and oxygen atoms in total. The molecule has 8 aromatic carbocycles. The SMILES string of the molecule is c1ccc2nc(-c3ccc4c(c3)sc3ccccc34)c(-c3ccc4c(ccc5ccc6c(ccc7sc8ccccc8c76)c54)c3)nc2c1. The molecule has 222 valence electrons. The number of benzene rings is 8. The molecular formula is C44H24N2S2. The molecule has 0 saturated heterocycles. The van der Waals surface area contributed by atoms with Gasteiger partial charge in [0.2, 0.25) is 0 Å². The molecule has 3 heterocycles. The monoisotopic (exact) mass is 644 g/mol. The van der Waals surface area contributed by atoms with Gasteiger partial charge in [0.15, 0.2) is 0 Å². The third-order valence-corrected chi connectivity index (χ3v) is 12.1. The molecule has 48 heavy (non-hydrogen) atoms. The summed E-state index contributed by atoms with van der Waals surface area (Å²) in [6.07, 6.45) is 0. The van der Waals surface area contributed by atoms with Crippen LogP contribution in [0.4, 0.5) is 0 Å². The summed E-state index contributed by atoms with van der Waals surface area (Å²) in [6.45, 7) is 0. The Morgan fingerprint density at radius 3 is 1.69 bits per heavy atom. The Morgan fingerprint density at radius 1 is 0.333 bits per heavy atom. The average Bonchev–Trinajstić information content (AvgIpc) is 3.72. The number of aromatic nitrogens is 2. The van der Waals surface area contributed by atoms with E-state index in [1.807, 2.05) is 34.8 Å². The van der Waals surface area contributed by atoms with E-state index in [0.29, 0.717) is 0 Å². The molecular weight excluding hydrogens is 621 g/mol. The summed E-state index contributed by atoms with van der Waals surface area (Å²) in [6, 6.07) is 52.9. The van der Waals surface area contributed by atoms with Crippen molar-refractivity contribution in [2.75, 3.05) is 0 Å². The summed E-state index contributed by atoms with van der Waals surface area (Å²) < 4.78 is 5.24. The summed E-state index contributed by atoms with van der Waals surface area (Å²) in [5, 5.41) is 12.9. The number of thiophene rings is 2. The molecule has 0 aliphatic carbocycles. The van der Waals surface area contributed by atoms with Gasteiger partial charge in [0.25, 0.3) is 0 Å². The van der Waals surface area contributed by atoms with Crippen molar-refractivity contribution in [3.63, 3.8) is 0 Å². The van der Waals surface area contributed by atoms with Gasteiger partial charge in [-0.2, -0.15) is 0 Å². The van der Waals surface area contributed by atoms with Gasteiger partial charge in [0, 0.05) is 51.5 Å². The molecule has 11 rings (SSSR count). The van der Waals surface area contributed by atoms with Crippen LogP contribution in [0.5, 0.6) is 0 Å². The maximum absolute atomic E-state index is 5.26. The van der Waals surface area contributed by atoms with Crippen LogP contribution in [-0.4, -0.2) is 9.97 Å². The van der Waals surface area contributed by atoms with Crippen molar-refractivity contribution in [2.24, 2.45) is 0 Å². The summed E-state index contributed by atoms with van der Waals surface area (Å²) in [5.41, 5.74) is 5.76. The first-order chi connectivity index (χ1) is 23.8. The largest absolute Gasteiger partial charge is 0.244 e. The summed E-state index contributed by atoms with van der Waals surface area (Å²) in [4.78, 5) is 10.5. The van der Waals surface area contributed by atoms with Crippen LogP contribution < -0.4 is 0 Å². The molecule has 0 spiro atoms. The van der Waals surface area contributed by atoms with E-state index in [0.717, 1.165) is 33.5 Å². The minimum absolute atomic E-state index is 0.899. The standard InChI is InChI=1S/C44H24N2S2/c1-5-11-37-30(7-1)31-19-17-28(24-40(31)48-37)44-43(45-35-9-3-4-10-36(35)46-44)27-16-18-29-26(23-27)14-13-25-15-20-33-32(41(25)29)21-22-39-42(33)34-8-2-6-12-38(34)47-39/h1-24H. The number of para-hydroxylation sites is 2. The Hall–Kier alpha value is -5.68. The normalized spacial score (nSPS) is 12.2. The first-order valence-electron chi connectivity index (χ1n) is 16.2. The fourth-order valence-corrected chi connectivity index (χ4v) is 9.88. The minimum atomic E-state index is 0.899. The molecule has 3 aromatic heterocycles. The third-order valence-electron chi connectivity index (χ3n) is 9.83. The number of hydrogen-bond donors (Lipinski definition) is 0. The molecule has 0 radical (unpaired) electrons. The third kappa shape index (κ3) is 3.79. The lowest BCUT2D eigenvalue weighted by molar-refractivity contribution is 1.30. The van der Waals surface area contributed by atoms with E-state index >= 15 is 0 Å². The molecule has 4 heteroatoms. The fraction of sp³-hybridized carbons (Fsp3) is 0. The molecule has 11 aromatic rings. The lowest BCUT2D eigenvalue weighted by Crippen LogP contribution is -1.95. The van der Waals surface area contributed by atoms with Crippen LogP contribution in [-0.2, 0) is 0 Å². The van der Waals surface area contributed by atoms with Gasteiger partial charge < -0.3 is 0 Å². The molecule has 0 amide bonds. The van der Waals surface area contributed by atoms with E-state index in [9.17, 15) is 0 Å². The van der Waals surface area contributed by atoms with E-state index in [-0.39, 0.29) is 0 Å². The Balaban J connectivity index is 1.15. The van der Waals surface area contributed by atoms with E-state index < -0.39 is 0 Å². The molecule has 0 bridgehead atoms. The Labute approximate surface area is 283 Å². The van der Waals surface area contributed by atoms with Crippen LogP contribution in [0.15, 0.2) is 146 Å². The number of nitrogens with zero attached hydrogens (tertiary/aromatic N) is 2. The Morgan fingerprint density at radius 2 is 0.875 bits per heavy atom. The van der Waals surface area contributed by atoms with Gasteiger partial charge in [0.05, 0.1) is 22.4 Å². The highest BCUT2D eigenvalue weighted by Gasteiger charge is 2.17. The summed E-state index contributed by atoms with van der Waals surface area (Å²) in [5.74, 6) is 0. The number of hydrogen-bond acceptors (Lipinski definition) is 4. The summed E-state index contributed by atoms with van der Waals surface area (Å²) in [7, 11) is 0. The first-order valence-corrected chi connectivity index (χ1v) is 17.8. The van der Waals surface area contributed by atoms with Gasteiger partial charge in [-0.15, -0.1) is 22.7 Å². The van der Waals surface area contributed by atoms with Crippen LogP contribution in [0.25, 0.3) is 106 Å². The maximum atomic E-state index is 5.26. The molecule has 0 aliphatic rings. The lowest BCUT2D eigenvalue weighted by atomic mass is 9.93. The zero-order valence-electron chi connectivity index (χ0n) is 25.6. The molecule has 0 fully saturated rings. The number of fused-ring (bicyclic) bond motifs is 13. The van der Waals surface area contributed by atoms with Gasteiger partial charge in [-0.05, 0) is 74.8 Å². The highest BCUT2D eigenvalue weighted by Crippen LogP contribution is 2.43. The quantitative estimate of drug-likeness (QED) is 0.175. The van der Waals surface area contributed by atoms with Crippen molar-refractivity contribution < 1.29 is 0 Å². The van der Waals surface area contributed by atoms with Gasteiger partial charge in [-0.3, -0.25) is 0 Å². The minimum Gasteiger partial charge on any atom is -0.244 e. The fourth-order valence-electron chi connectivity index (χ4n) is 7.62. The van der Waals surface area contributed by atoms with Crippen LogP contribution in [0.1, 0.15) is 0 Å². The van der Waals surface area contributed by atoms with Crippen molar-refractivity contribution in [3.8, 4) is 22.5 Å². The van der Waals surface area contributed by atoms with Crippen molar-refractivity contribution in [1.82, 2.24) is 9.97 Å². The highest BCUT2D eigenvalue weighted by atomic mass is 32.1. The second kappa shape index (κ2) is 9.91. The maximum Gasteiger partial charge on any atom is 0.0973 e. The highest BCUT2D eigenvalue weighted by molar-refractivity contribution is 7.26. The zero-order valence-corrected chi connectivity index (χ0v) is 27.2. The second-order valence-corrected chi connectivity index (χ2v) is 14.7. The molecule has 0 aliphatic heterocycles. The van der Waals surface area contributed by atoms with Crippen molar-refractivity contribution in [2.45, 2.75) is 0 Å². The van der Waals surface area contributed by atoms with E-state index in [2.05, 4.69) is 133 Å². The molecule has 0 N–H and O–H groups in total. The molecule has 0 unspecified atom stereocenters. The van der Waals surface area contributed by atoms with Gasteiger partial charge in [-0.1, -0.05) is 103 Å². The second-order valence-electron chi connectivity index (χ2n) is 12.5. The van der Waals surface area contributed by atoms with Crippen LogP contribution >= 0.6 is 22.7 Å². The van der Waals surface area contributed by atoms with Crippen molar-refractivity contribution >= 4 is 106 Å². The van der Waals surface area contributed by atoms with E-state index in [1.165, 1.54) is 72.7 Å². The van der Waals surface area contributed by atoms with Crippen LogP contribution in [0.2, 0.25) is 0 Å². The first kappa shape index (κ1) is 26.4. The van der Waals surface area contributed by atoms with Crippen LogP contribution in [0, 0.1) is 0 Å². The van der Waals surface area contributed by atoms with Gasteiger partial charge in [0.1, 0.15) is 0 Å². The molecule has 0 atom stereocenters. The predicted octanol–water partition coefficient (Wildman–Crippen LogP) is 13.2. The average molecular weight is 645 g/mol. The smallest absolute Gasteiger partial charge is 0.0973 e. The molecule has 0 saturated carbocycles. The Kier molecular flexibility index (Phi) is 5.45. The van der Waals surface area contributed by atoms with Crippen molar-refractivity contribution in [3.05, 3.63) is 146 Å². The lowest BCUT2D eigenvalue weighted by Gasteiger charge is -2.13. The predicted molar refractivity (Wildman–Crippen MR) is 209 cm³/mol. The van der Waals surface area contributed by atoms with E-state index in [1.54, 1.807) is 0 Å². The zero-order chi connectivity index (χ0) is 31.3. The van der Waals surface area contributed by atoms with Gasteiger partial charge in [-0.25, -0.2) is 9.97 Å². The van der Waals surface area contributed by atoms with Gasteiger partial charge >= 0.3 is 0 Å². The topological polar surface area (TPSA) is 25.8 Å². The summed E-state index contributed by atoms with van der Waals surface area (Å²) >= 11 is 3.71. The van der Waals surface area contributed by atoms with E-state index in [4.69, 9.17) is 9.97 Å². The Bertz CT molecular complexity index is 3130. The van der Waals surface area contributed by atoms with Crippen molar-refractivity contribution in [1.29, 1.82) is 0 Å².